The average molecular weight is 256 g/mol. The van der Waals surface area contributed by atoms with Gasteiger partial charge < -0.3 is 10.6 Å². The first-order valence-corrected chi connectivity index (χ1v) is 6.29. The number of hydrogen-bond donors (Lipinski definition) is 1. The van der Waals surface area contributed by atoms with E-state index in [1.54, 1.807) is 0 Å². The SMILES string of the molecule is CC1CC(C)C(C)N(c2nc(N)nc(Cl)n2)C1. The van der Waals surface area contributed by atoms with Crippen LogP contribution in [0.2, 0.25) is 5.28 Å². The molecule has 2 heterocycles. The van der Waals surface area contributed by atoms with Crippen molar-refractivity contribution < 1.29 is 0 Å². The van der Waals surface area contributed by atoms with E-state index in [2.05, 4.69) is 40.6 Å². The lowest BCUT2D eigenvalue weighted by Gasteiger charge is -2.41. The Bertz CT molecular complexity index is 391. The average Bonchev–Trinajstić information content (AvgIpc) is 2.22. The van der Waals surface area contributed by atoms with Gasteiger partial charge in [-0.05, 0) is 36.8 Å². The molecule has 0 spiro atoms. The first-order valence-electron chi connectivity index (χ1n) is 5.91. The minimum absolute atomic E-state index is 0.158. The van der Waals surface area contributed by atoms with Gasteiger partial charge in [-0.25, -0.2) is 0 Å². The molecule has 1 aromatic heterocycles. The number of rotatable bonds is 1. The first kappa shape index (κ1) is 12.4. The van der Waals surface area contributed by atoms with E-state index in [0.717, 1.165) is 6.54 Å². The predicted octanol–water partition coefficient (Wildman–Crippen LogP) is 1.98. The van der Waals surface area contributed by atoms with E-state index < -0.39 is 0 Å². The molecule has 2 rings (SSSR count). The van der Waals surface area contributed by atoms with Crippen molar-refractivity contribution >= 4 is 23.5 Å². The van der Waals surface area contributed by atoms with Crippen molar-refractivity contribution in [1.29, 1.82) is 0 Å². The zero-order valence-electron chi connectivity index (χ0n) is 10.4. The molecule has 17 heavy (non-hydrogen) atoms. The molecule has 1 fully saturated rings. The van der Waals surface area contributed by atoms with Crippen LogP contribution < -0.4 is 10.6 Å². The molecular weight excluding hydrogens is 238 g/mol. The maximum atomic E-state index is 5.82. The molecule has 5 nitrogen and oxygen atoms in total. The van der Waals surface area contributed by atoms with E-state index in [-0.39, 0.29) is 11.2 Å². The third-order valence-corrected chi connectivity index (χ3v) is 3.64. The Morgan fingerprint density at radius 1 is 1.24 bits per heavy atom. The van der Waals surface area contributed by atoms with E-state index in [4.69, 9.17) is 17.3 Å². The summed E-state index contributed by atoms with van der Waals surface area (Å²) in [4.78, 5) is 14.3. The Kier molecular flexibility index (Phi) is 3.38. The van der Waals surface area contributed by atoms with E-state index in [1.807, 2.05) is 0 Å². The molecule has 0 aromatic carbocycles. The van der Waals surface area contributed by atoms with E-state index in [1.165, 1.54) is 6.42 Å². The van der Waals surface area contributed by atoms with Gasteiger partial charge in [0.1, 0.15) is 0 Å². The third kappa shape index (κ3) is 2.60. The second kappa shape index (κ2) is 4.64. The van der Waals surface area contributed by atoms with E-state index >= 15 is 0 Å². The van der Waals surface area contributed by atoms with Crippen LogP contribution in [0.5, 0.6) is 0 Å². The summed E-state index contributed by atoms with van der Waals surface area (Å²) >= 11 is 5.82. The van der Waals surface area contributed by atoms with Gasteiger partial charge in [0.25, 0.3) is 0 Å². The van der Waals surface area contributed by atoms with Crippen LogP contribution in [0.15, 0.2) is 0 Å². The number of halogens is 1. The van der Waals surface area contributed by atoms with Gasteiger partial charge in [0.15, 0.2) is 0 Å². The fraction of sp³-hybridized carbons (Fsp3) is 0.727. The van der Waals surface area contributed by atoms with Crippen LogP contribution in [0.1, 0.15) is 27.2 Å². The summed E-state index contributed by atoms with van der Waals surface area (Å²) < 4.78 is 0. The highest BCUT2D eigenvalue weighted by atomic mass is 35.5. The van der Waals surface area contributed by atoms with E-state index in [0.29, 0.717) is 23.8 Å². The number of nitrogens with two attached hydrogens (primary N) is 1. The molecule has 94 valence electrons. The van der Waals surface area contributed by atoms with Crippen LogP contribution in [0, 0.1) is 11.8 Å². The lowest BCUT2D eigenvalue weighted by Crippen LogP contribution is -2.46. The second-order valence-corrected chi connectivity index (χ2v) is 5.31. The monoisotopic (exact) mass is 255 g/mol. The topological polar surface area (TPSA) is 67.9 Å². The van der Waals surface area contributed by atoms with Crippen LogP contribution in [-0.2, 0) is 0 Å². The smallest absolute Gasteiger partial charge is 0.231 e. The van der Waals surface area contributed by atoms with Gasteiger partial charge in [-0.1, -0.05) is 13.8 Å². The van der Waals surface area contributed by atoms with Crippen LogP contribution >= 0.6 is 11.6 Å². The minimum Gasteiger partial charge on any atom is -0.368 e. The van der Waals surface area contributed by atoms with Gasteiger partial charge in [0.05, 0.1) is 0 Å². The van der Waals surface area contributed by atoms with Gasteiger partial charge in [-0.2, -0.15) is 15.0 Å². The van der Waals surface area contributed by atoms with Crippen LogP contribution in [-0.4, -0.2) is 27.5 Å². The molecule has 0 saturated carbocycles. The lowest BCUT2D eigenvalue weighted by atomic mass is 9.86. The quantitative estimate of drug-likeness (QED) is 0.831. The summed E-state index contributed by atoms with van der Waals surface area (Å²) in [6, 6.07) is 0.393. The van der Waals surface area contributed by atoms with Gasteiger partial charge in [0, 0.05) is 12.6 Å². The second-order valence-electron chi connectivity index (χ2n) is 4.97. The van der Waals surface area contributed by atoms with Crippen molar-refractivity contribution in [1.82, 2.24) is 15.0 Å². The Morgan fingerprint density at radius 2 is 1.94 bits per heavy atom. The molecule has 0 radical (unpaired) electrons. The highest BCUT2D eigenvalue weighted by molar-refractivity contribution is 6.28. The van der Waals surface area contributed by atoms with E-state index in [9.17, 15) is 0 Å². The molecule has 6 heteroatoms. The van der Waals surface area contributed by atoms with Crippen LogP contribution in [0.3, 0.4) is 0 Å². The molecule has 0 bridgehead atoms. The summed E-state index contributed by atoms with van der Waals surface area (Å²) in [7, 11) is 0. The highest BCUT2D eigenvalue weighted by Crippen LogP contribution is 2.29. The largest absolute Gasteiger partial charge is 0.368 e. The number of anilines is 2. The molecule has 1 saturated heterocycles. The first-order chi connectivity index (χ1) is 7.97. The molecule has 0 aliphatic carbocycles. The molecule has 3 unspecified atom stereocenters. The molecule has 2 N–H and O–H groups in total. The highest BCUT2D eigenvalue weighted by Gasteiger charge is 2.30. The Labute approximate surface area is 106 Å². The fourth-order valence-corrected chi connectivity index (χ4v) is 2.62. The lowest BCUT2D eigenvalue weighted by molar-refractivity contribution is 0.293. The normalized spacial score (nSPS) is 29.4. The van der Waals surface area contributed by atoms with Crippen LogP contribution in [0.4, 0.5) is 11.9 Å². The standard InChI is InChI=1S/C11H18ClN5/c1-6-4-7(2)8(3)17(5-6)11-15-9(12)14-10(13)16-11/h6-8H,4-5H2,1-3H3,(H2,13,14,15,16). The zero-order chi connectivity index (χ0) is 12.6. The fourth-order valence-electron chi connectivity index (χ4n) is 2.46. The summed E-state index contributed by atoms with van der Waals surface area (Å²) in [6.45, 7) is 7.61. The summed E-state index contributed by atoms with van der Waals surface area (Å²) in [6.07, 6.45) is 1.23. The molecule has 1 aromatic rings. The Balaban J connectivity index is 2.30. The van der Waals surface area contributed by atoms with Crippen LogP contribution in [0.25, 0.3) is 0 Å². The number of piperidine rings is 1. The molecule has 3 atom stereocenters. The van der Waals surface area contributed by atoms with Gasteiger partial charge >= 0.3 is 0 Å². The van der Waals surface area contributed by atoms with Crippen molar-refractivity contribution in [3.8, 4) is 0 Å². The number of nitrogen functional groups attached to an aromatic ring is 1. The van der Waals surface area contributed by atoms with Crippen molar-refractivity contribution in [3.63, 3.8) is 0 Å². The molecule has 1 aliphatic rings. The van der Waals surface area contributed by atoms with Gasteiger partial charge in [-0.3, -0.25) is 0 Å². The summed E-state index contributed by atoms with van der Waals surface area (Å²) in [5.74, 6) is 2.00. The summed E-state index contributed by atoms with van der Waals surface area (Å²) in [5, 5.41) is 0.158. The summed E-state index contributed by atoms with van der Waals surface area (Å²) in [5.41, 5.74) is 5.61. The number of nitrogens with zero attached hydrogens (tertiary/aromatic N) is 4. The number of hydrogen-bond acceptors (Lipinski definition) is 5. The van der Waals surface area contributed by atoms with Crippen molar-refractivity contribution in [2.75, 3.05) is 17.2 Å². The predicted molar refractivity (Wildman–Crippen MR) is 69.0 cm³/mol. The maximum Gasteiger partial charge on any atom is 0.231 e. The maximum absolute atomic E-state index is 5.82. The van der Waals surface area contributed by atoms with Crippen molar-refractivity contribution in [2.45, 2.75) is 33.2 Å². The Hall–Kier alpha value is -1.10. The Morgan fingerprint density at radius 3 is 2.59 bits per heavy atom. The van der Waals surface area contributed by atoms with Gasteiger partial charge in [-0.15, -0.1) is 0 Å². The van der Waals surface area contributed by atoms with Crippen molar-refractivity contribution in [2.24, 2.45) is 11.8 Å². The third-order valence-electron chi connectivity index (χ3n) is 3.47. The van der Waals surface area contributed by atoms with Crippen molar-refractivity contribution in [3.05, 3.63) is 5.28 Å². The minimum atomic E-state index is 0.158. The zero-order valence-corrected chi connectivity index (χ0v) is 11.1. The van der Waals surface area contributed by atoms with Gasteiger partial charge in [0.2, 0.25) is 17.2 Å². The number of aromatic nitrogens is 3. The molecule has 1 aliphatic heterocycles. The molecular formula is C11H18ClN5. The molecule has 0 amide bonds.